The topological polar surface area (TPSA) is 56.5 Å². The summed E-state index contributed by atoms with van der Waals surface area (Å²) >= 11 is 6.21. The van der Waals surface area contributed by atoms with Crippen molar-refractivity contribution in [3.05, 3.63) is 34.5 Å². The fourth-order valence-electron chi connectivity index (χ4n) is 2.74. The molecule has 0 radical (unpaired) electrons. The standard InChI is InChI=1S/C16H22ClN2O2/c17-13-9-11(3-6-15(13)21-12-4-5-12)16(20)14(18)10-19-7-1-2-8-19/h3,6,9,12,14,16,18,20H,1-2,4-5,7-8,10H2/q-1. The van der Waals surface area contributed by atoms with Crippen LogP contribution in [0.1, 0.15) is 37.4 Å². The average molecular weight is 310 g/mol. The Morgan fingerprint density at radius 2 is 2.05 bits per heavy atom. The molecule has 1 aliphatic carbocycles. The molecule has 0 bridgehead atoms. The molecule has 1 heterocycles. The summed E-state index contributed by atoms with van der Waals surface area (Å²) in [5, 5.41) is 10.9. The minimum atomic E-state index is -0.807. The van der Waals surface area contributed by atoms with Gasteiger partial charge in [-0.05, 0) is 63.0 Å². The molecule has 21 heavy (non-hydrogen) atoms. The Morgan fingerprint density at radius 3 is 2.67 bits per heavy atom. The minimum Gasteiger partial charge on any atom is -0.671 e. The first kappa shape index (κ1) is 15.1. The molecule has 1 aromatic rings. The fourth-order valence-corrected chi connectivity index (χ4v) is 2.97. The smallest absolute Gasteiger partial charge is 0.138 e. The molecule has 2 unspecified atom stereocenters. The van der Waals surface area contributed by atoms with Crippen molar-refractivity contribution in [1.29, 1.82) is 0 Å². The molecule has 1 saturated heterocycles. The van der Waals surface area contributed by atoms with Crippen LogP contribution in [0.3, 0.4) is 0 Å². The van der Waals surface area contributed by atoms with Crippen molar-refractivity contribution in [3.8, 4) is 5.75 Å². The van der Waals surface area contributed by atoms with Gasteiger partial charge in [0.2, 0.25) is 0 Å². The van der Waals surface area contributed by atoms with Gasteiger partial charge in [-0.25, -0.2) is 0 Å². The van der Waals surface area contributed by atoms with Gasteiger partial charge in [0, 0.05) is 0 Å². The van der Waals surface area contributed by atoms with Crippen molar-refractivity contribution in [1.82, 2.24) is 4.90 Å². The number of aliphatic hydroxyl groups is 1. The Bertz CT molecular complexity index is 487. The van der Waals surface area contributed by atoms with E-state index in [4.69, 9.17) is 22.1 Å². The molecule has 0 spiro atoms. The summed E-state index contributed by atoms with van der Waals surface area (Å²) in [6.07, 6.45) is 4.07. The lowest BCUT2D eigenvalue weighted by Crippen LogP contribution is -2.31. The first-order chi connectivity index (χ1) is 10.1. The Morgan fingerprint density at radius 1 is 1.33 bits per heavy atom. The summed E-state index contributed by atoms with van der Waals surface area (Å²) < 4.78 is 5.69. The number of nitrogens with one attached hydrogen (secondary N) is 1. The molecule has 5 heteroatoms. The van der Waals surface area contributed by atoms with Crippen molar-refractivity contribution in [3.63, 3.8) is 0 Å². The second-order valence-electron chi connectivity index (χ2n) is 6.07. The Hall–Kier alpha value is -0.810. The van der Waals surface area contributed by atoms with Gasteiger partial charge < -0.3 is 20.5 Å². The van der Waals surface area contributed by atoms with Crippen LogP contribution in [0, 0.1) is 0 Å². The Kier molecular flexibility index (Phi) is 4.69. The highest BCUT2D eigenvalue weighted by Gasteiger charge is 2.25. The van der Waals surface area contributed by atoms with Crippen LogP contribution in [0.2, 0.25) is 5.02 Å². The number of benzene rings is 1. The summed E-state index contributed by atoms with van der Waals surface area (Å²) in [6.45, 7) is 2.69. The van der Waals surface area contributed by atoms with Crippen molar-refractivity contribution < 1.29 is 9.84 Å². The zero-order chi connectivity index (χ0) is 14.8. The van der Waals surface area contributed by atoms with E-state index < -0.39 is 12.1 Å². The van der Waals surface area contributed by atoms with E-state index in [9.17, 15) is 5.11 Å². The van der Waals surface area contributed by atoms with Crippen LogP contribution in [0.4, 0.5) is 0 Å². The fraction of sp³-hybridized carbons (Fsp3) is 0.625. The maximum absolute atomic E-state index is 10.3. The third kappa shape index (κ3) is 3.89. The van der Waals surface area contributed by atoms with Crippen molar-refractivity contribution in [2.75, 3.05) is 19.6 Å². The number of halogens is 1. The molecule has 0 aromatic heterocycles. The lowest BCUT2D eigenvalue weighted by molar-refractivity contribution is 0.141. The van der Waals surface area contributed by atoms with Crippen LogP contribution in [0.15, 0.2) is 18.2 Å². The molecule has 2 N–H and O–H groups in total. The molecule has 4 nitrogen and oxygen atoms in total. The molecule has 2 aliphatic rings. The van der Waals surface area contributed by atoms with Gasteiger partial charge in [0.1, 0.15) is 5.75 Å². The van der Waals surface area contributed by atoms with Crippen LogP contribution in [0.5, 0.6) is 5.75 Å². The number of aliphatic hydroxyl groups excluding tert-OH is 1. The molecular formula is C16H22ClN2O2-. The van der Waals surface area contributed by atoms with E-state index in [1.807, 2.05) is 12.1 Å². The van der Waals surface area contributed by atoms with Gasteiger partial charge in [-0.15, -0.1) is 0 Å². The van der Waals surface area contributed by atoms with E-state index >= 15 is 0 Å². The highest BCUT2D eigenvalue weighted by molar-refractivity contribution is 6.32. The molecule has 1 aliphatic heterocycles. The predicted octanol–water partition coefficient (Wildman–Crippen LogP) is 3.43. The summed E-state index contributed by atoms with van der Waals surface area (Å²) in [7, 11) is 0. The van der Waals surface area contributed by atoms with Crippen molar-refractivity contribution in [2.24, 2.45) is 0 Å². The van der Waals surface area contributed by atoms with Crippen molar-refractivity contribution >= 4 is 11.6 Å². The summed E-state index contributed by atoms with van der Waals surface area (Å²) in [5.41, 5.74) is 8.86. The largest absolute Gasteiger partial charge is 0.671 e. The lowest BCUT2D eigenvalue weighted by atomic mass is 10.0. The average Bonchev–Trinajstić information content (AvgIpc) is 3.14. The third-order valence-corrected chi connectivity index (χ3v) is 4.45. The van der Waals surface area contributed by atoms with E-state index in [0.29, 0.717) is 29.0 Å². The van der Waals surface area contributed by atoms with Gasteiger partial charge in [0.15, 0.2) is 0 Å². The highest BCUT2D eigenvalue weighted by Crippen LogP contribution is 2.34. The van der Waals surface area contributed by atoms with Gasteiger partial charge in [-0.1, -0.05) is 23.7 Å². The quantitative estimate of drug-likeness (QED) is 0.876. The van der Waals surface area contributed by atoms with Crippen molar-refractivity contribution in [2.45, 2.75) is 43.9 Å². The number of hydrogen-bond donors (Lipinski definition) is 1. The van der Waals surface area contributed by atoms with Gasteiger partial charge >= 0.3 is 0 Å². The summed E-state index contributed by atoms with van der Waals surface area (Å²) in [5.74, 6) is 0.677. The molecule has 0 amide bonds. The molecule has 116 valence electrons. The lowest BCUT2D eigenvalue weighted by Gasteiger charge is -2.31. The number of likely N-dealkylation sites (tertiary alicyclic amines) is 1. The van der Waals surface area contributed by atoms with E-state index in [1.54, 1.807) is 6.07 Å². The second-order valence-corrected chi connectivity index (χ2v) is 6.47. The van der Waals surface area contributed by atoms with E-state index in [-0.39, 0.29) is 0 Å². The van der Waals surface area contributed by atoms with E-state index in [2.05, 4.69) is 4.90 Å². The number of nitrogens with zero attached hydrogens (tertiary/aromatic N) is 1. The maximum Gasteiger partial charge on any atom is 0.138 e. The van der Waals surface area contributed by atoms with E-state index in [1.165, 1.54) is 12.8 Å². The van der Waals surface area contributed by atoms with Gasteiger partial charge in [0.25, 0.3) is 0 Å². The minimum absolute atomic E-state index is 0.303. The number of ether oxygens (including phenoxy) is 1. The van der Waals surface area contributed by atoms with Crippen LogP contribution in [-0.4, -0.2) is 41.8 Å². The first-order valence-electron chi connectivity index (χ1n) is 7.71. The monoisotopic (exact) mass is 309 g/mol. The maximum atomic E-state index is 10.3. The Balaban J connectivity index is 1.62. The van der Waals surface area contributed by atoms with Gasteiger partial charge in [0.05, 0.1) is 17.2 Å². The molecule has 3 rings (SSSR count). The summed E-state index contributed by atoms with van der Waals surface area (Å²) in [6, 6.07) is 4.81. The number of rotatable bonds is 6. The Labute approximate surface area is 130 Å². The zero-order valence-electron chi connectivity index (χ0n) is 12.1. The van der Waals surface area contributed by atoms with E-state index in [0.717, 1.165) is 25.9 Å². The summed E-state index contributed by atoms with van der Waals surface area (Å²) in [4.78, 5) is 2.24. The highest BCUT2D eigenvalue weighted by atomic mass is 35.5. The van der Waals surface area contributed by atoms with Crippen LogP contribution in [0.25, 0.3) is 5.73 Å². The third-order valence-electron chi connectivity index (χ3n) is 4.15. The van der Waals surface area contributed by atoms with Crippen LogP contribution in [-0.2, 0) is 0 Å². The van der Waals surface area contributed by atoms with Crippen LogP contribution >= 0.6 is 11.6 Å². The van der Waals surface area contributed by atoms with Gasteiger partial charge in [-0.3, -0.25) is 0 Å². The molecule has 2 atom stereocenters. The van der Waals surface area contributed by atoms with Crippen LogP contribution < -0.4 is 4.74 Å². The zero-order valence-corrected chi connectivity index (χ0v) is 12.9. The predicted molar refractivity (Wildman–Crippen MR) is 83.8 cm³/mol. The first-order valence-corrected chi connectivity index (χ1v) is 8.09. The number of hydrogen-bond acceptors (Lipinski definition) is 3. The molecule has 1 aromatic carbocycles. The normalized spacial score (nSPS) is 22.2. The molecule has 1 saturated carbocycles. The second kappa shape index (κ2) is 6.53. The SMILES string of the molecule is [NH-]C(CN1CCCC1)C(O)c1ccc(OC2CC2)c(Cl)c1. The molecular weight excluding hydrogens is 288 g/mol. The molecule has 2 fully saturated rings. The van der Waals surface area contributed by atoms with Gasteiger partial charge in [-0.2, -0.15) is 0 Å².